The molecule has 7 nitrogen and oxygen atoms in total. The number of carboxylic acid groups (broad SMARTS) is 1. The van der Waals surface area contributed by atoms with Crippen molar-refractivity contribution in [3.8, 4) is 0 Å². The van der Waals surface area contributed by atoms with E-state index in [1.807, 2.05) is 6.92 Å². The maximum absolute atomic E-state index is 11.8. The first-order chi connectivity index (χ1) is 12.1. The molecule has 0 atom stereocenters. The van der Waals surface area contributed by atoms with E-state index in [-0.39, 0.29) is 18.3 Å². The zero-order valence-electron chi connectivity index (χ0n) is 15.3. The zero-order chi connectivity index (χ0) is 18.1. The third kappa shape index (κ3) is 6.92. The molecule has 0 amide bonds. The molecule has 0 unspecified atom stereocenters. The van der Waals surface area contributed by atoms with Crippen LogP contribution in [0.3, 0.4) is 0 Å². The van der Waals surface area contributed by atoms with E-state index >= 15 is 0 Å². The van der Waals surface area contributed by atoms with Crippen molar-refractivity contribution in [1.82, 2.24) is 9.80 Å². The van der Waals surface area contributed by atoms with E-state index in [4.69, 9.17) is 14.6 Å². The first-order valence-electron chi connectivity index (χ1n) is 9.52. The summed E-state index contributed by atoms with van der Waals surface area (Å²) in [5, 5.41) is 8.57. The summed E-state index contributed by atoms with van der Waals surface area (Å²) in [5.41, 5.74) is 0. The third-order valence-electron chi connectivity index (χ3n) is 5.24. The van der Waals surface area contributed by atoms with Crippen LogP contribution in [-0.2, 0) is 19.1 Å². The lowest BCUT2D eigenvalue weighted by Crippen LogP contribution is -2.48. The molecule has 25 heavy (non-hydrogen) atoms. The molecule has 0 radical (unpaired) electrons. The van der Waals surface area contributed by atoms with Gasteiger partial charge in [0.1, 0.15) is 0 Å². The van der Waals surface area contributed by atoms with Gasteiger partial charge in [-0.25, -0.2) is 0 Å². The van der Waals surface area contributed by atoms with Crippen LogP contribution < -0.4 is 0 Å². The van der Waals surface area contributed by atoms with Crippen molar-refractivity contribution < 1.29 is 24.2 Å². The first kappa shape index (κ1) is 20.1. The molecule has 2 heterocycles. The number of carbonyl (C=O) groups is 2. The van der Waals surface area contributed by atoms with Gasteiger partial charge in [-0.15, -0.1) is 0 Å². The van der Waals surface area contributed by atoms with Gasteiger partial charge < -0.3 is 24.4 Å². The van der Waals surface area contributed by atoms with Gasteiger partial charge in [0.2, 0.25) is 0 Å². The van der Waals surface area contributed by atoms with Crippen LogP contribution in [0.1, 0.15) is 39.0 Å². The highest BCUT2D eigenvalue weighted by Gasteiger charge is 2.31. The minimum Gasteiger partial charge on any atom is -0.481 e. The highest BCUT2D eigenvalue weighted by molar-refractivity contribution is 5.72. The maximum Gasteiger partial charge on any atom is 0.309 e. The molecular formula is C18H32N2O5. The van der Waals surface area contributed by atoms with Gasteiger partial charge >= 0.3 is 11.9 Å². The lowest BCUT2D eigenvalue weighted by molar-refractivity contribution is -0.150. The van der Waals surface area contributed by atoms with Gasteiger partial charge in [-0.05, 0) is 58.8 Å². The van der Waals surface area contributed by atoms with Crippen LogP contribution in [-0.4, -0.2) is 85.4 Å². The number of esters is 1. The smallest absolute Gasteiger partial charge is 0.309 e. The molecule has 0 aromatic rings. The average Bonchev–Trinajstić information content (AvgIpc) is 2.62. The summed E-state index contributed by atoms with van der Waals surface area (Å²) in [6, 6.07) is 0.618. The lowest BCUT2D eigenvalue weighted by atomic mass is 9.93. The van der Waals surface area contributed by atoms with Crippen LogP contribution in [0.4, 0.5) is 0 Å². The predicted octanol–water partition coefficient (Wildman–Crippen LogP) is 1.22. The summed E-state index contributed by atoms with van der Waals surface area (Å²) in [6.07, 6.45) is 4.20. The molecule has 2 fully saturated rings. The van der Waals surface area contributed by atoms with Gasteiger partial charge in [-0.1, -0.05) is 0 Å². The number of nitrogens with zero attached hydrogens (tertiary/aromatic N) is 2. The maximum atomic E-state index is 11.8. The molecule has 0 aromatic carbocycles. The number of hydrogen-bond donors (Lipinski definition) is 1. The van der Waals surface area contributed by atoms with Gasteiger partial charge in [0.25, 0.3) is 0 Å². The van der Waals surface area contributed by atoms with E-state index in [0.717, 1.165) is 58.4 Å². The molecule has 1 N–H and O–H groups in total. The highest BCUT2D eigenvalue weighted by atomic mass is 16.5. The van der Waals surface area contributed by atoms with E-state index in [0.29, 0.717) is 25.9 Å². The minimum atomic E-state index is -0.812. The van der Waals surface area contributed by atoms with Crippen molar-refractivity contribution in [2.75, 3.05) is 52.5 Å². The zero-order valence-corrected chi connectivity index (χ0v) is 15.3. The Labute approximate surface area is 150 Å². The van der Waals surface area contributed by atoms with Crippen molar-refractivity contribution in [2.24, 2.45) is 5.92 Å². The molecule has 0 bridgehead atoms. The fourth-order valence-electron chi connectivity index (χ4n) is 3.72. The van der Waals surface area contributed by atoms with Crippen molar-refractivity contribution in [1.29, 1.82) is 0 Å². The molecule has 144 valence electrons. The van der Waals surface area contributed by atoms with Gasteiger partial charge in [-0.2, -0.15) is 0 Å². The number of aliphatic carboxylic acids is 1. The largest absolute Gasteiger partial charge is 0.481 e. The van der Waals surface area contributed by atoms with Crippen LogP contribution in [0.2, 0.25) is 0 Å². The summed E-state index contributed by atoms with van der Waals surface area (Å²) < 4.78 is 10.5. The quantitative estimate of drug-likeness (QED) is 0.491. The van der Waals surface area contributed by atoms with Crippen LogP contribution >= 0.6 is 0 Å². The molecule has 2 aliphatic rings. The highest BCUT2D eigenvalue weighted by Crippen LogP contribution is 2.24. The molecule has 0 spiro atoms. The fraction of sp³-hybridized carbons (Fsp3) is 0.889. The molecule has 2 saturated heterocycles. The predicted molar refractivity (Wildman–Crippen MR) is 93.5 cm³/mol. The molecule has 0 aromatic heterocycles. The number of likely N-dealkylation sites (tertiary alicyclic amines) is 2. The standard InChI is InChI=1S/C18H32N2O5/c1-2-25-18(23)15-3-10-20(11-4-15)16-5-8-19(9-6-16)12-14-24-13-7-17(21)22/h15-16H,2-14H2,1H3,(H,21,22). The van der Waals surface area contributed by atoms with Gasteiger partial charge in [-0.3, -0.25) is 9.59 Å². The Balaban J connectivity index is 1.58. The van der Waals surface area contributed by atoms with Gasteiger partial charge in [0.05, 0.1) is 32.2 Å². The average molecular weight is 356 g/mol. The van der Waals surface area contributed by atoms with Crippen molar-refractivity contribution in [3.63, 3.8) is 0 Å². The Morgan fingerprint density at radius 3 is 2.32 bits per heavy atom. The Hall–Kier alpha value is -1.18. The van der Waals surface area contributed by atoms with Gasteiger partial charge in [0.15, 0.2) is 0 Å². The summed E-state index contributed by atoms with van der Waals surface area (Å²) in [5.74, 6) is -0.758. The number of rotatable bonds is 9. The van der Waals surface area contributed by atoms with Crippen LogP contribution in [0.25, 0.3) is 0 Å². The summed E-state index contributed by atoms with van der Waals surface area (Å²) in [7, 11) is 0. The second kappa shape index (κ2) is 10.7. The number of hydrogen-bond acceptors (Lipinski definition) is 6. The summed E-state index contributed by atoms with van der Waals surface area (Å²) >= 11 is 0. The minimum absolute atomic E-state index is 0.0279. The lowest BCUT2D eigenvalue weighted by Gasteiger charge is -2.41. The second-order valence-electron chi connectivity index (χ2n) is 6.89. The molecule has 2 rings (SSSR count). The van der Waals surface area contributed by atoms with Gasteiger partial charge in [0, 0.05) is 12.6 Å². The normalized spacial score (nSPS) is 21.3. The van der Waals surface area contributed by atoms with Crippen LogP contribution in [0.5, 0.6) is 0 Å². The second-order valence-corrected chi connectivity index (χ2v) is 6.89. The van der Waals surface area contributed by atoms with E-state index in [1.54, 1.807) is 0 Å². The summed E-state index contributed by atoms with van der Waals surface area (Å²) in [6.45, 7) is 8.20. The van der Waals surface area contributed by atoms with E-state index in [1.165, 1.54) is 0 Å². The number of piperidine rings is 2. The topological polar surface area (TPSA) is 79.3 Å². The third-order valence-corrected chi connectivity index (χ3v) is 5.24. The van der Waals surface area contributed by atoms with E-state index in [2.05, 4.69) is 9.80 Å². The molecule has 0 aliphatic carbocycles. The Morgan fingerprint density at radius 1 is 1.04 bits per heavy atom. The molecular weight excluding hydrogens is 324 g/mol. The molecule has 7 heteroatoms. The monoisotopic (exact) mass is 356 g/mol. The Bertz CT molecular complexity index is 416. The van der Waals surface area contributed by atoms with Crippen molar-refractivity contribution in [2.45, 2.75) is 45.1 Å². The first-order valence-corrected chi connectivity index (χ1v) is 9.52. The molecule has 0 saturated carbocycles. The number of ether oxygens (including phenoxy) is 2. The summed E-state index contributed by atoms with van der Waals surface area (Å²) in [4.78, 5) is 27.2. The SMILES string of the molecule is CCOC(=O)C1CCN(C2CCN(CCOCCC(=O)O)CC2)CC1. The Kier molecular flexibility index (Phi) is 8.64. The van der Waals surface area contributed by atoms with Crippen LogP contribution in [0, 0.1) is 5.92 Å². The van der Waals surface area contributed by atoms with Crippen molar-refractivity contribution in [3.05, 3.63) is 0 Å². The van der Waals surface area contributed by atoms with E-state index in [9.17, 15) is 9.59 Å². The van der Waals surface area contributed by atoms with E-state index < -0.39 is 5.97 Å². The number of carboxylic acids is 1. The fourth-order valence-corrected chi connectivity index (χ4v) is 3.72. The number of carbonyl (C=O) groups excluding carboxylic acids is 1. The van der Waals surface area contributed by atoms with Crippen molar-refractivity contribution >= 4 is 11.9 Å². The molecule has 2 aliphatic heterocycles. The van der Waals surface area contributed by atoms with Crippen LogP contribution in [0.15, 0.2) is 0 Å². The Morgan fingerprint density at radius 2 is 1.72 bits per heavy atom.